The van der Waals surface area contributed by atoms with Crippen molar-refractivity contribution in [3.63, 3.8) is 0 Å². The lowest BCUT2D eigenvalue weighted by atomic mass is 9.97. The number of nitrogens with zero attached hydrogens (tertiary/aromatic N) is 2. The maximum absolute atomic E-state index is 14.1. The largest absolute Gasteiger partial charge is 0.326 e. The van der Waals surface area contributed by atoms with Gasteiger partial charge in [0.1, 0.15) is 5.82 Å². The fourth-order valence-corrected chi connectivity index (χ4v) is 2.41. The zero-order valence-electron chi connectivity index (χ0n) is 11.6. The van der Waals surface area contributed by atoms with Crippen LogP contribution in [0.5, 0.6) is 0 Å². The Morgan fingerprint density at radius 3 is 2.53 bits per heavy atom. The summed E-state index contributed by atoms with van der Waals surface area (Å²) in [5.41, 5.74) is 8.71. The molecule has 4 heteroatoms. The average Bonchev–Trinajstić information content (AvgIpc) is 2.71. The lowest BCUT2D eigenvalue weighted by molar-refractivity contribution is 0.401. The van der Waals surface area contributed by atoms with E-state index in [0.29, 0.717) is 5.56 Å². The Bertz CT molecular complexity index is 562. The molecular formula is C15H20FN3. The molecule has 102 valence electrons. The molecule has 3 nitrogen and oxygen atoms in total. The van der Waals surface area contributed by atoms with Gasteiger partial charge in [-0.3, -0.25) is 4.68 Å². The molecule has 2 aromatic rings. The second kappa shape index (κ2) is 5.53. The van der Waals surface area contributed by atoms with Gasteiger partial charge in [-0.05, 0) is 32.4 Å². The van der Waals surface area contributed by atoms with Crippen molar-refractivity contribution in [1.82, 2.24) is 9.78 Å². The van der Waals surface area contributed by atoms with Crippen LogP contribution >= 0.6 is 0 Å². The molecule has 0 aliphatic heterocycles. The maximum atomic E-state index is 14.1. The molecule has 0 bridgehead atoms. The van der Waals surface area contributed by atoms with E-state index in [9.17, 15) is 4.39 Å². The van der Waals surface area contributed by atoms with Crippen molar-refractivity contribution in [3.8, 4) is 0 Å². The summed E-state index contributed by atoms with van der Waals surface area (Å²) in [6, 6.07) is 8.32. The maximum Gasteiger partial charge on any atom is 0.128 e. The summed E-state index contributed by atoms with van der Waals surface area (Å²) in [6.45, 7) is 5.90. The summed E-state index contributed by atoms with van der Waals surface area (Å²) in [4.78, 5) is 0. The molecule has 2 N–H and O–H groups in total. The fraction of sp³-hybridized carbons (Fsp3) is 0.400. The van der Waals surface area contributed by atoms with Crippen LogP contribution in [0.15, 0.2) is 30.3 Å². The molecule has 0 saturated carbocycles. The van der Waals surface area contributed by atoms with Crippen LogP contribution in [0, 0.1) is 19.7 Å². The zero-order valence-corrected chi connectivity index (χ0v) is 11.6. The molecule has 0 amide bonds. The molecule has 1 heterocycles. The molecule has 1 aromatic carbocycles. The minimum absolute atomic E-state index is 0.171. The van der Waals surface area contributed by atoms with Crippen molar-refractivity contribution in [2.75, 3.05) is 0 Å². The van der Waals surface area contributed by atoms with Crippen LogP contribution in [0.2, 0.25) is 0 Å². The standard InChI is InChI=1S/C15H20FN3/c1-4-14(17)15(12-7-5-6-8-13(12)16)19-11(3)9-10(2)18-19/h5-9,14-15H,4,17H2,1-3H3. The van der Waals surface area contributed by atoms with E-state index < -0.39 is 0 Å². The van der Waals surface area contributed by atoms with E-state index in [4.69, 9.17) is 5.73 Å². The van der Waals surface area contributed by atoms with E-state index in [-0.39, 0.29) is 17.9 Å². The Morgan fingerprint density at radius 2 is 2.00 bits per heavy atom. The molecule has 0 radical (unpaired) electrons. The second-order valence-corrected chi connectivity index (χ2v) is 4.91. The summed E-state index contributed by atoms with van der Waals surface area (Å²) in [5.74, 6) is -0.232. The average molecular weight is 261 g/mol. The Kier molecular flexibility index (Phi) is 4.00. The molecule has 0 fully saturated rings. The molecule has 2 atom stereocenters. The molecule has 0 saturated heterocycles. The first kappa shape index (κ1) is 13.7. The second-order valence-electron chi connectivity index (χ2n) is 4.91. The zero-order chi connectivity index (χ0) is 14.0. The monoisotopic (exact) mass is 261 g/mol. The van der Waals surface area contributed by atoms with Crippen LogP contribution in [0.4, 0.5) is 4.39 Å². The first-order valence-electron chi connectivity index (χ1n) is 6.57. The molecule has 1 aromatic heterocycles. The lowest BCUT2D eigenvalue weighted by Gasteiger charge is -2.25. The van der Waals surface area contributed by atoms with Crippen molar-refractivity contribution in [2.24, 2.45) is 5.73 Å². The van der Waals surface area contributed by atoms with Gasteiger partial charge in [-0.2, -0.15) is 5.10 Å². The van der Waals surface area contributed by atoms with Crippen molar-refractivity contribution in [1.29, 1.82) is 0 Å². The van der Waals surface area contributed by atoms with Gasteiger partial charge in [-0.25, -0.2) is 4.39 Å². The molecule has 0 aliphatic carbocycles. The molecule has 0 aliphatic rings. The molecule has 2 unspecified atom stereocenters. The van der Waals surface area contributed by atoms with E-state index in [0.717, 1.165) is 17.8 Å². The summed E-state index contributed by atoms with van der Waals surface area (Å²) in [7, 11) is 0. The minimum atomic E-state index is -0.264. The van der Waals surface area contributed by atoms with E-state index >= 15 is 0 Å². The van der Waals surface area contributed by atoms with E-state index in [1.807, 2.05) is 37.6 Å². The van der Waals surface area contributed by atoms with Gasteiger partial charge in [0.05, 0.1) is 11.7 Å². The number of benzene rings is 1. The van der Waals surface area contributed by atoms with Crippen LogP contribution in [0.1, 0.15) is 36.3 Å². The predicted molar refractivity (Wildman–Crippen MR) is 74.5 cm³/mol. The SMILES string of the molecule is CCC(N)C(c1ccccc1F)n1nc(C)cc1C. The Labute approximate surface area is 113 Å². The van der Waals surface area contributed by atoms with Gasteiger partial charge in [-0.1, -0.05) is 25.1 Å². The molecule has 19 heavy (non-hydrogen) atoms. The van der Waals surface area contributed by atoms with Gasteiger partial charge in [0.15, 0.2) is 0 Å². The summed E-state index contributed by atoms with van der Waals surface area (Å²) >= 11 is 0. The van der Waals surface area contributed by atoms with Crippen molar-refractivity contribution in [3.05, 3.63) is 53.1 Å². The first-order chi connectivity index (χ1) is 9.04. The highest BCUT2D eigenvalue weighted by atomic mass is 19.1. The molecular weight excluding hydrogens is 241 g/mol. The number of rotatable bonds is 4. The van der Waals surface area contributed by atoms with Gasteiger partial charge in [-0.15, -0.1) is 0 Å². The van der Waals surface area contributed by atoms with Gasteiger partial charge in [0, 0.05) is 17.3 Å². The van der Waals surface area contributed by atoms with Gasteiger partial charge in [0.2, 0.25) is 0 Å². The summed E-state index contributed by atoms with van der Waals surface area (Å²) in [5, 5.41) is 4.47. The smallest absolute Gasteiger partial charge is 0.128 e. The Morgan fingerprint density at radius 1 is 1.32 bits per heavy atom. The lowest BCUT2D eigenvalue weighted by Crippen LogP contribution is -2.34. The highest BCUT2D eigenvalue weighted by Gasteiger charge is 2.25. The topological polar surface area (TPSA) is 43.8 Å². The Hall–Kier alpha value is -1.68. The quantitative estimate of drug-likeness (QED) is 0.919. The summed E-state index contributed by atoms with van der Waals surface area (Å²) in [6.07, 6.45) is 0.761. The van der Waals surface area contributed by atoms with Crippen molar-refractivity contribution < 1.29 is 4.39 Å². The van der Waals surface area contributed by atoms with Gasteiger partial charge >= 0.3 is 0 Å². The summed E-state index contributed by atoms with van der Waals surface area (Å²) < 4.78 is 15.9. The predicted octanol–water partition coefficient (Wildman–Crippen LogP) is 2.97. The van der Waals surface area contributed by atoms with E-state index in [1.54, 1.807) is 12.1 Å². The van der Waals surface area contributed by atoms with Crippen LogP contribution in [-0.4, -0.2) is 15.8 Å². The van der Waals surface area contributed by atoms with E-state index in [1.165, 1.54) is 6.07 Å². The number of aryl methyl sites for hydroxylation is 2. The minimum Gasteiger partial charge on any atom is -0.326 e. The third kappa shape index (κ3) is 2.68. The van der Waals surface area contributed by atoms with Crippen LogP contribution in [0.3, 0.4) is 0 Å². The number of aromatic nitrogens is 2. The number of hydrogen-bond donors (Lipinski definition) is 1. The van der Waals surface area contributed by atoms with Crippen LogP contribution in [0.25, 0.3) is 0 Å². The number of halogens is 1. The number of nitrogens with two attached hydrogens (primary N) is 1. The molecule has 2 rings (SSSR count). The third-order valence-electron chi connectivity index (χ3n) is 3.41. The van der Waals surface area contributed by atoms with Crippen molar-refractivity contribution >= 4 is 0 Å². The van der Waals surface area contributed by atoms with Crippen LogP contribution < -0.4 is 5.73 Å². The number of hydrogen-bond acceptors (Lipinski definition) is 2. The van der Waals surface area contributed by atoms with E-state index in [2.05, 4.69) is 5.10 Å². The van der Waals surface area contributed by atoms with Crippen LogP contribution in [-0.2, 0) is 0 Å². The Balaban J connectivity index is 2.54. The molecule has 0 spiro atoms. The highest BCUT2D eigenvalue weighted by molar-refractivity contribution is 5.25. The fourth-order valence-electron chi connectivity index (χ4n) is 2.41. The normalized spacial score (nSPS) is 14.4. The first-order valence-corrected chi connectivity index (χ1v) is 6.57. The van der Waals surface area contributed by atoms with Gasteiger partial charge in [0.25, 0.3) is 0 Å². The third-order valence-corrected chi connectivity index (χ3v) is 3.41. The van der Waals surface area contributed by atoms with Crippen molar-refractivity contribution in [2.45, 2.75) is 39.3 Å². The van der Waals surface area contributed by atoms with Gasteiger partial charge < -0.3 is 5.73 Å². The highest BCUT2D eigenvalue weighted by Crippen LogP contribution is 2.26.